The van der Waals surface area contributed by atoms with Crippen molar-refractivity contribution in [3.63, 3.8) is 0 Å². The molecule has 3 aromatic rings. The fourth-order valence-electron chi connectivity index (χ4n) is 2.71. The van der Waals surface area contributed by atoms with Gasteiger partial charge in [-0.1, -0.05) is 11.3 Å². The lowest BCUT2D eigenvalue weighted by molar-refractivity contribution is -0.120. The smallest absolute Gasteiger partial charge is 0.350 e. The molecule has 144 valence electrons. The van der Waals surface area contributed by atoms with E-state index in [2.05, 4.69) is 25.4 Å². The Labute approximate surface area is 164 Å². The Kier molecular flexibility index (Phi) is 4.98. The number of esters is 1. The second-order valence-electron chi connectivity index (χ2n) is 6.03. The maximum absolute atomic E-state index is 12.4. The molecule has 1 aliphatic heterocycles. The molecule has 1 aliphatic rings. The molecule has 4 rings (SSSR count). The fraction of sp³-hybridized carbons (Fsp3) is 0.294. The highest BCUT2D eigenvalue weighted by atomic mass is 32.1. The molecular formula is C17H17N7O3S. The van der Waals surface area contributed by atoms with Gasteiger partial charge in [-0.2, -0.15) is 5.10 Å². The SMILES string of the molecule is CCOC(=O)c1cnc(NC(=O)C2CN(c3cc(-n4cccn4)ncn3)C2)s1. The molecule has 28 heavy (non-hydrogen) atoms. The fourth-order valence-corrected chi connectivity index (χ4v) is 3.42. The standard InChI is InChI=1S/C17H17N7O3S/c1-2-27-16(26)12-7-18-17(28-12)22-15(25)11-8-23(9-11)13-6-14(20-10-19-13)24-5-3-4-21-24/h3-7,10-11H,2,8-9H2,1H3,(H,18,22,25). The van der Waals surface area contributed by atoms with Crippen LogP contribution >= 0.6 is 11.3 Å². The predicted octanol–water partition coefficient (Wildman–Crippen LogP) is 1.37. The Morgan fingerprint density at radius 3 is 2.86 bits per heavy atom. The minimum atomic E-state index is -0.438. The van der Waals surface area contributed by atoms with Crippen molar-refractivity contribution in [1.29, 1.82) is 0 Å². The second-order valence-corrected chi connectivity index (χ2v) is 7.06. The van der Waals surface area contributed by atoms with Gasteiger partial charge in [0.2, 0.25) is 5.91 Å². The number of amides is 1. The highest BCUT2D eigenvalue weighted by Crippen LogP contribution is 2.26. The monoisotopic (exact) mass is 399 g/mol. The third kappa shape index (κ3) is 3.69. The molecule has 0 spiro atoms. The summed E-state index contributed by atoms with van der Waals surface area (Å²) in [6.07, 6.45) is 6.37. The lowest BCUT2D eigenvalue weighted by atomic mass is 9.99. The Bertz CT molecular complexity index is 982. The van der Waals surface area contributed by atoms with Crippen molar-refractivity contribution in [1.82, 2.24) is 24.7 Å². The van der Waals surface area contributed by atoms with Crippen LogP contribution < -0.4 is 10.2 Å². The number of rotatable bonds is 6. The highest BCUT2D eigenvalue weighted by molar-refractivity contribution is 7.17. The van der Waals surface area contributed by atoms with Crippen LogP contribution in [0.15, 0.2) is 37.1 Å². The summed E-state index contributed by atoms with van der Waals surface area (Å²) in [7, 11) is 0. The first-order valence-corrected chi connectivity index (χ1v) is 9.46. The lowest BCUT2D eigenvalue weighted by Crippen LogP contribution is -2.52. The summed E-state index contributed by atoms with van der Waals surface area (Å²) < 4.78 is 6.57. The molecule has 1 saturated heterocycles. The number of hydrogen-bond donors (Lipinski definition) is 1. The van der Waals surface area contributed by atoms with Crippen molar-refractivity contribution >= 4 is 34.2 Å². The van der Waals surface area contributed by atoms with E-state index in [0.29, 0.717) is 35.5 Å². The average molecular weight is 399 g/mol. The zero-order valence-corrected chi connectivity index (χ0v) is 15.8. The summed E-state index contributed by atoms with van der Waals surface area (Å²) in [4.78, 5) is 38.9. The van der Waals surface area contributed by atoms with Gasteiger partial charge in [0.05, 0.1) is 18.7 Å². The number of aromatic nitrogens is 5. The van der Waals surface area contributed by atoms with E-state index in [0.717, 1.165) is 17.2 Å². The normalized spacial score (nSPS) is 13.8. The van der Waals surface area contributed by atoms with Crippen LogP contribution in [0, 0.1) is 5.92 Å². The number of thiazole rings is 1. The van der Waals surface area contributed by atoms with Gasteiger partial charge in [-0.25, -0.2) is 24.4 Å². The number of carbonyl (C=O) groups excluding carboxylic acids is 2. The van der Waals surface area contributed by atoms with Crippen molar-refractivity contribution < 1.29 is 14.3 Å². The minimum absolute atomic E-state index is 0.137. The first kappa shape index (κ1) is 18.0. The van der Waals surface area contributed by atoms with E-state index in [1.54, 1.807) is 24.0 Å². The van der Waals surface area contributed by atoms with Gasteiger partial charge >= 0.3 is 5.97 Å². The first-order chi connectivity index (χ1) is 13.6. The van der Waals surface area contributed by atoms with Crippen LogP contribution in [-0.2, 0) is 9.53 Å². The number of anilines is 2. The van der Waals surface area contributed by atoms with Crippen molar-refractivity contribution in [3.8, 4) is 5.82 Å². The van der Waals surface area contributed by atoms with Crippen LogP contribution in [0.5, 0.6) is 0 Å². The van der Waals surface area contributed by atoms with Crippen molar-refractivity contribution in [3.05, 3.63) is 41.9 Å². The molecule has 11 heteroatoms. The van der Waals surface area contributed by atoms with Gasteiger partial charge < -0.3 is 15.0 Å². The zero-order chi connectivity index (χ0) is 19.5. The summed E-state index contributed by atoms with van der Waals surface area (Å²) in [5.41, 5.74) is 0. The van der Waals surface area contributed by atoms with Crippen molar-refractivity contribution in [2.75, 3.05) is 29.9 Å². The van der Waals surface area contributed by atoms with Crippen LogP contribution in [0.4, 0.5) is 10.9 Å². The zero-order valence-electron chi connectivity index (χ0n) is 15.0. The van der Waals surface area contributed by atoms with E-state index in [9.17, 15) is 9.59 Å². The van der Waals surface area contributed by atoms with E-state index in [-0.39, 0.29) is 11.8 Å². The summed E-state index contributed by atoms with van der Waals surface area (Å²) >= 11 is 1.10. The van der Waals surface area contributed by atoms with Crippen LogP contribution in [0.1, 0.15) is 16.6 Å². The van der Waals surface area contributed by atoms with Gasteiger partial charge in [0, 0.05) is 31.5 Å². The molecule has 4 heterocycles. The molecule has 0 saturated carbocycles. The van der Waals surface area contributed by atoms with E-state index in [1.165, 1.54) is 12.5 Å². The minimum Gasteiger partial charge on any atom is -0.462 e. The number of nitrogens with one attached hydrogen (secondary N) is 1. The third-order valence-corrected chi connectivity index (χ3v) is 5.06. The molecule has 0 aromatic carbocycles. The molecule has 0 atom stereocenters. The van der Waals surface area contributed by atoms with Gasteiger partial charge in [0.15, 0.2) is 10.9 Å². The number of nitrogens with zero attached hydrogens (tertiary/aromatic N) is 6. The van der Waals surface area contributed by atoms with Crippen LogP contribution in [0.2, 0.25) is 0 Å². The van der Waals surface area contributed by atoms with Gasteiger partial charge in [-0.05, 0) is 13.0 Å². The molecule has 0 aliphatic carbocycles. The number of ether oxygens (including phenoxy) is 1. The van der Waals surface area contributed by atoms with E-state index in [4.69, 9.17) is 4.74 Å². The molecule has 10 nitrogen and oxygen atoms in total. The van der Waals surface area contributed by atoms with Crippen molar-refractivity contribution in [2.45, 2.75) is 6.92 Å². The lowest BCUT2D eigenvalue weighted by Gasteiger charge is -2.38. The summed E-state index contributed by atoms with van der Waals surface area (Å²) in [6, 6.07) is 3.64. The van der Waals surface area contributed by atoms with Crippen LogP contribution in [0.3, 0.4) is 0 Å². The topological polar surface area (TPSA) is 115 Å². The Morgan fingerprint density at radius 2 is 2.11 bits per heavy atom. The molecule has 1 N–H and O–H groups in total. The van der Waals surface area contributed by atoms with E-state index >= 15 is 0 Å². The Hall–Kier alpha value is -3.34. The Morgan fingerprint density at radius 1 is 1.29 bits per heavy atom. The first-order valence-electron chi connectivity index (χ1n) is 8.65. The third-order valence-electron chi connectivity index (χ3n) is 4.17. The quantitative estimate of drug-likeness (QED) is 0.618. The predicted molar refractivity (Wildman–Crippen MR) is 102 cm³/mol. The molecule has 0 bridgehead atoms. The Balaban J connectivity index is 1.33. The van der Waals surface area contributed by atoms with Crippen LogP contribution in [-0.4, -0.2) is 56.3 Å². The van der Waals surface area contributed by atoms with Gasteiger partial charge in [0.25, 0.3) is 0 Å². The summed E-state index contributed by atoms with van der Waals surface area (Å²) in [6.45, 7) is 3.11. The number of carbonyl (C=O) groups is 2. The molecule has 1 fully saturated rings. The molecule has 1 amide bonds. The van der Waals surface area contributed by atoms with Crippen LogP contribution in [0.25, 0.3) is 5.82 Å². The van der Waals surface area contributed by atoms with Gasteiger partial charge in [-0.3, -0.25) is 4.79 Å². The molecular weight excluding hydrogens is 382 g/mol. The summed E-state index contributed by atoms with van der Waals surface area (Å²) in [5, 5.41) is 7.29. The van der Waals surface area contributed by atoms with Gasteiger partial charge in [0.1, 0.15) is 17.0 Å². The van der Waals surface area contributed by atoms with E-state index < -0.39 is 5.97 Å². The van der Waals surface area contributed by atoms with E-state index in [1.807, 2.05) is 17.0 Å². The maximum atomic E-state index is 12.4. The molecule has 3 aromatic heterocycles. The number of hydrogen-bond acceptors (Lipinski definition) is 9. The average Bonchev–Trinajstić information content (AvgIpc) is 3.33. The summed E-state index contributed by atoms with van der Waals surface area (Å²) in [5.74, 6) is 0.646. The highest BCUT2D eigenvalue weighted by Gasteiger charge is 2.34. The van der Waals surface area contributed by atoms with Gasteiger partial charge in [-0.15, -0.1) is 0 Å². The molecule has 0 radical (unpaired) electrons. The van der Waals surface area contributed by atoms with Crippen molar-refractivity contribution in [2.24, 2.45) is 5.92 Å². The largest absolute Gasteiger partial charge is 0.462 e. The molecule has 0 unspecified atom stereocenters. The maximum Gasteiger partial charge on any atom is 0.350 e. The second kappa shape index (κ2) is 7.72.